The quantitative estimate of drug-likeness (QED) is 0.228. The number of ether oxygens (including phenoxy) is 1. The molecule has 0 unspecified atom stereocenters. The van der Waals surface area contributed by atoms with Crippen LogP contribution in [0.15, 0.2) is 4.99 Å². The normalized spacial score (nSPS) is 15.4. The maximum Gasteiger partial charge on any atom is 0.410 e. The maximum atomic E-state index is 12.2. The molecular formula is C21H39IN6O2S. The Kier molecular flexibility index (Phi) is 12.1. The number of guanidine groups is 1. The lowest BCUT2D eigenvalue weighted by atomic mass is 10.2. The van der Waals surface area contributed by atoms with Crippen LogP contribution in [0.3, 0.4) is 0 Å². The minimum absolute atomic E-state index is 0. The van der Waals surface area contributed by atoms with E-state index in [1.807, 2.05) is 34.6 Å². The molecule has 8 nitrogen and oxygen atoms in total. The number of nitrogens with zero attached hydrogens (tertiary/aromatic N) is 4. The number of carbonyl (C=O) groups is 1. The molecule has 0 aliphatic carbocycles. The highest BCUT2D eigenvalue weighted by molar-refractivity contribution is 14.0. The standard InChI is InChI=1S/C21H38N6O2S.HI/c1-7-22-19(24-15-18-16(2)25-17(3)30-18)23-9-8-10-26-11-13-27(14-12-26)20(28)29-21(4,5)6;/h7-15H2,1-6H3,(H2,22,23,24);1H. The Morgan fingerprint density at radius 1 is 1.19 bits per heavy atom. The Hall–Kier alpha value is -1.14. The van der Waals surface area contributed by atoms with Gasteiger partial charge in [0.25, 0.3) is 0 Å². The first kappa shape index (κ1) is 27.9. The van der Waals surface area contributed by atoms with E-state index in [1.54, 1.807) is 16.2 Å². The van der Waals surface area contributed by atoms with Gasteiger partial charge >= 0.3 is 6.09 Å². The summed E-state index contributed by atoms with van der Waals surface area (Å²) in [6.45, 7) is 18.4. The van der Waals surface area contributed by atoms with Crippen LogP contribution in [-0.2, 0) is 11.3 Å². The van der Waals surface area contributed by atoms with Crippen molar-refractivity contribution in [1.82, 2.24) is 25.4 Å². The van der Waals surface area contributed by atoms with Crippen LogP contribution in [-0.4, -0.2) is 78.3 Å². The first-order chi connectivity index (χ1) is 14.2. The lowest BCUT2D eigenvalue weighted by Crippen LogP contribution is -2.50. The van der Waals surface area contributed by atoms with Crippen molar-refractivity contribution >= 4 is 47.4 Å². The van der Waals surface area contributed by atoms with Gasteiger partial charge < -0.3 is 20.3 Å². The van der Waals surface area contributed by atoms with E-state index in [0.717, 1.165) is 68.9 Å². The molecule has 178 valence electrons. The fourth-order valence-electron chi connectivity index (χ4n) is 3.20. The molecule has 0 aromatic carbocycles. The molecule has 2 N–H and O–H groups in total. The summed E-state index contributed by atoms with van der Waals surface area (Å²) in [6, 6.07) is 0. The summed E-state index contributed by atoms with van der Waals surface area (Å²) in [6.07, 6.45) is 0.817. The van der Waals surface area contributed by atoms with Gasteiger partial charge in [0.15, 0.2) is 5.96 Å². The topological polar surface area (TPSA) is 82.1 Å². The number of aromatic nitrogens is 1. The number of carbonyl (C=O) groups excluding carboxylic acids is 1. The van der Waals surface area contributed by atoms with Crippen molar-refractivity contribution in [2.24, 2.45) is 4.99 Å². The van der Waals surface area contributed by atoms with Crippen molar-refractivity contribution in [1.29, 1.82) is 0 Å². The minimum Gasteiger partial charge on any atom is -0.444 e. The van der Waals surface area contributed by atoms with E-state index in [4.69, 9.17) is 9.73 Å². The molecule has 0 saturated carbocycles. The Balaban J connectivity index is 0.00000480. The molecule has 0 atom stereocenters. The van der Waals surface area contributed by atoms with E-state index in [0.29, 0.717) is 6.54 Å². The third kappa shape index (κ3) is 10.3. The predicted octanol–water partition coefficient (Wildman–Crippen LogP) is 3.38. The minimum atomic E-state index is -0.441. The summed E-state index contributed by atoms with van der Waals surface area (Å²) in [5, 5.41) is 7.81. The molecule has 2 heterocycles. The number of hydrogen-bond acceptors (Lipinski definition) is 6. The molecule has 0 spiro atoms. The Morgan fingerprint density at radius 3 is 2.42 bits per heavy atom. The number of thiazole rings is 1. The molecular weight excluding hydrogens is 527 g/mol. The van der Waals surface area contributed by atoms with Crippen LogP contribution in [0.2, 0.25) is 0 Å². The molecule has 1 saturated heterocycles. The van der Waals surface area contributed by atoms with Gasteiger partial charge in [0.1, 0.15) is 5.60 Å². The van der Waals surface area contributed by atoms with Crippen molar-refractivity contribution in [2.75, 3.05) is 45.8 Å². The third-order valence-corrected chi connectivity index (χ3v) is 5.75. The van der Waals surface area contributed by atoms with Crippen LogP contribution in [0.1, 0.15) is 49.7 Å². The molecule has 1 aliphatic heterocycles. The smallest absolute Gasteiger partial charge is 0.410 e. The molecule has 0 bridgehead atoms. The Labute approximate surface area is 208 Å². The number of aryl methyl sites for hydroxylation is 2. The average Bonchev–Trinajstić information content (AvgIpc) is 2.99. The molecule has 2 rings (SSSR count). The highest BCUT2D eigenvalue weighted by Gasteiger charge is 2.25. The summed E-state index contributed by atoms with van der Waals surface area (Å²) < 4.78 is 5.46. The number of amides is 1. The average molecular weight is 567 g/mol. The molecule has 1 amide bonds. The zero-order valence-electron chi connectivity index (χ0n) is 19.8. The second kappa shape index (κ2) is 13.4. The summed E-state index contributed by atoms with van der Waals surface area (Å²) in [7, 11) is 0. The van der Waals surface area contributed by atoms with E-state index in [2.05, 4.69) is 27.4 Å². The molecule has 0 radical (unpaired) electrons. The highest BCUT2D eigenvalue weighted by Crippen LogP contribution is 2.17. The van der Waals surface area contributed by atoms with E-state index in [1.165, 1.54) is 4.88 Å². The summed E-state index contributed by atoms with van der Waals surface area (Å²) in [4.78, 5) is 26.7. The van der Waals surface area contributed by atoms with Crippen molar-refractivity contribution in [3.8, 4) is 0 Å². The first-order valence-electron chi connectivity index (χ1n) is 10.8. The number of aliphatic imine (C=N–C) groups is 1. The van der Waals surface area contributed by atoms with Gasteiger partial charge in [-0.15, -0.1) is 35.3 Å². The number of halogens is 1. The van der Waals surface area contributed by atoms with E-state index in [9.17, 15) is 4.79 Å². The fraction of sp³-hybridized carbons (Fsp3) is 0.762. The van der Waals surface area contributed by atoms with E-state index >= 15 is 0 Å². The van der Waals surface area contributed by atoms with Crippen LogP contribution in [0.4, 0.5) is 4.79 Å². The molecule has 31 heavy (non-hydrogen) atoms. The Bertz CT molecular complexity index is 711. The van der Waals surface area contributed by atoms with Crippen molar-refractivity contribution in [2.45, 2.75) is 60.1 Å². The monoisotopic (exact) mass is 566 g/mol. The van der Waals surface area contributed by atoms with Gasteiger partial charge in [0, 0.05) is 44.1 Å². The van der Waals surface area contributed by atoms with Crippen LogP contribution in [0, 0.1) is 13.8 Å². The molecule has 10 heteroatoms. The van der Waals surface area contributed by atoms with Gasteiger partial charge in [-0.1, -0.05) is 0 Å². The van der Waals surface area contributed by atoms with Crippen LogP contribution in [0.25, 0.3) is 0 Å². The van der Waals surface area contributed by atoms with Gasteiger partial charge in [0.05, 0.1) is 17.2 Å². The number of rotatable bonds is 7. The van der Waals surface area contributed by atoms with Crippen molar-refractivity contribution in [3.05, 3.63) is 15.6 Å². The van der Waals surface area contributed by atoms with Crippen molar-refractivity contribution in [3.63, 3.8) is 0 Å². The fourth-order valence-corrected chi connectivity index (χ4v) is 4.06. The highest BCUT2D eigenvalue weighted by atomic mass is 127. The van der Waals surface area contributed by atoms with Gasteiger partial charge in [-0.2, -0.15) is 0 Å². The summed E-state index contributed by atoms with van der Waals surface area (Å²) in [5.41, 5.74) is 0.631. The van der Waals surface area contributed by atoms with Crippen LogP contribution >= 0.6 is 35.3 Å². The van der Waals surface area contributed by atoms with Gasteiger partial charge in [-0.3, -0.25) is 4.90 Å². The zero-order valence-corrected chi connectivity index (χ0v) is 22.9. The van der Waals surface area contributed by atoms with Gasteiger partial charge in [0.2, 0.25) is 0 Å². The summed E-state index contributed by atoms with van der Waals surface area (Å²) >= 11 is 1.71. The second-order valence-electron chi connectivity index (χ2n) is 8.53. The molecule has 1 aromatic rings. The number of nitrogens with one attached hydrogen (secondary N) is 2. The SMILES string of the molecule is CCNC(=NCc1sc(C)nc1C)NCCCN1CCN(C(=O)OC(C)(C)C)CC1.I. The lowest BCUT2D eigenvalue weighted by Gasteiger charge is -2.35. The van der Waals surface area contributed by atoms with Gasteiger partial charge in [-0.25, -0.2) is 14.8 Å². The lowest BCUT2D eigenvalue weighted by molar-refractivity contribution is 0.0145. The van der Waals surface area contributed by atoms with Crippen LogP contribution in [0.5, 0.6) is 0 Å². The second-order valence-corrected chi connectivity index (χ2v) is 9.81. The third-order valence-electron chi connectivity index (χ3n) is 4.69. The molecule has 1 fully saturated rings. The predicted molar refractivity (Wildman–Crippen MR) is 139 cm³/mol. The number of hydrogen-bond donors (Lipinski definition) is 2. The largest absolute Gasteiger partial charge is 0.444 e. The maximum absolute atomic E-state index is 12.2. The van der Waals surface area contributed by atoms with Crippen molar-refractivity contribution < 1.29 is 9.53 Å². The molecule has 1 aliphatic rings. The zero-order chi connectivity index (χ0) is 22.1. The number of piperazine rings is 1. The van der Waals surface area contributed by atoms with E-state index in [-0.39, 0.29) is 30.1 Å². The molecule has 1 aromatic heterocycles. The summed E-state index contributed by atoms with van der Waals surface area (Å²) in [5.74, 6) is 0.845. The van der Waals surface area contributed by atoms with Gasteiger partial charge in [-0.05, 0) is 54.5 Å². The first-order valence-corrected chi connectivity index (χ1v) is 11.6. The van der Waals surface area contributed by atoms with E-state index < -0.39 is 5.60 Å². The Morgan fingerprint density at radius 2 is 1.87 bits per heavy atom. The van der Waals surface area contributed by atoms with Crippen LogP contribution < -0.4 is 10.6 Å².